The van der Waals surface area contributed by atoms with Crippen molar-refractivity contribution in [3.05, 3.63) is 36.1 Å². The van der Waals surface area contributed by atoms with Crippen LogP contribution < -0.4 is 5.32 Å². The van der Waals surface area contributed by atoms with Crippen LogP contribution in [0.1, 0.15) is 18.6 Å². The second-order valence-electron chi connectivity index (χ2n) is 4.23. The van der Waals surface area contributed by atoms with Gasteiger partial charge >= 0.3 is 0 Å². The number of nitrogens with one attached hydrogen (secondary N) is 1. The molecule has 1 saturated carbocycles. The van der Waals surface area contributed by atoms with E-state index in [1.54, 1.807) is 0 Å². The van der Waals surface area contributed by atoms with Gasteiger partial charge in [-0.3, -0.25) is 0 Å². The molecular weight excluding hydrogens is 186 g/mol. The largest absolute Gasteiger partial charge is 0.461 e. The van der Waals surface area contributed by atoms with E-state index in [1.807, 2.05) is 18.2 Å². The fourth-order valence-corrected chi connectivity index (χ4v) is 1.85. The van der Waals surface area contributed by atoms with E-state index in [1.165, 1.54) is 18.2 Å². The Bertz CT molecular complexity index is 423. The zero-order valence-electron chi connectivity index (χ0n) is 8.70. The first-order valence-electron chi connectivity index (χ1n) is 5.63. The molecule has 0 bridgehead atoms. The lowest BCUT2D eigenvalue weighted by Gasteiger charge is -1.98. The Kier molecular flexibility index (Phi) is 2.22. The summed E-state index contributed by atoms with van der Waals surface area (Å²) in [5.74, 6) is 1.09. The number of furan rings is 1. The predicted octanol–water partition coefficient (Wildman–Crippen LogP) is 2.73. The third-order valence-electron chi connectivity index (χ3n) is 2.86. The highest BCUT2D eigenvalue weighted by Gasteiger charge is 2.19. The van der Waals surface area contributed by atoms with Crippen LogP contribution >= 0.6 is 0 Å². The zero-order valence-corrected chi connectivity index (χ0v) is 8.70. The molecule has 0 amide bonds. The molecule has 0 aliphatic heterocycles. The van der Waals surface area contributed by atoms with Crippen LogP contribution in [0.5, 0.6) is 0 Å². The Morgan fingerprint density at radius 1 is 1.27 bits per heavy atom. The lowest BCUT2D eigenvalue weighted by molar-refractivity contribution is 0.532. The molecule has 2 heteroatoms. The fourth-order valence-electron chi connectivity index (χ4n) is 1.85. The van der Waals surface area contributed by atoms with Crippen molar-refractivity contribution in [2.24, 2.45) is 0 Å². The third kappa shape index (κ3) is 2.05. The standard InChI is InChI=1S/C13H15NO/c1-2-4-13-10(3-1)9-12(15-13)7-8-14-11-5-6-11/h1-4,9,11,14H,5-8H2. The highest BCUT2D eigenvalue weighted by molar-refractivity contribution is 5.77. The van der Waals surface area contributed by atoms with Crippen molar-refractivity contribution < 1.29 is 4.42 Å². The summed E-state index contributed by atoms with van der Waals surface area (Å²) in [4.78, 5) is 0. The number of rotatable bonds is 4. The molecule has 1 aromatic heterocycles. The van der Waals surface area contributed by atoms with E-state index in [0.29, 0.717) is 0 Å². The van der Waals surface area contributed by atoms with E-state index in [4.69, 9.17) is 4.42 Å². The van der Waals surface area contributed by atoms with E-state index in [0.717, 1.165) is 30.4 Å². The normalized spacial score (nSPS) is 16.0. The minimum Gasteiger partial charge on any atom is -0.461 e. The topological polar surface area (TPSA) is 25.2 Å². The van der Waals surface area contributed by atoms with Crippen molar-refractivity contribution in [2.45, 2.75) is 25.3 Å². The minimum atomic E-state index is 0.786. The molecule has 1 N–H and O–H groups in total. The molecular formula is C13H15NO. The highest BCUT2D eigenvalue weighted by Crippen LogP contribution is 2.20. The van der Waals surface area contributed by atoms with Gasteiger partial charge in [-0.05, 0) is 25.0 Å². The van der Waals surface area contributed by atoms with Crippen molar-refractivity contribution in [1.29, 1.82) is 0 Å². The van der Waals surface area contributed by atoms with Gasteiger partial charge in [0.1, 0.15) is 11.3 Å². The summed E-state index contributed by atoms with van der Waals surface area (Å²) in [6.45, 7) is 1.03. The van der Waals surface area contributed by atoms with Gasteiger partial charge in [0, 0.05) is 24.4 Å². The van der Waals surface area contributed by atoms with E-state index >= 15 is 0 Å². The summed E-state index contributed by atoms with van der Waals surface area (Å²) in [6, 6.07) is 11.1. The van der Waals surface area contributed by atoms with Gasteiger partial charge in [-0.15, -0.1) is 0 Å². The summed E-state index contributed by atoms with van der Waals surface area (Å²) < 4.78 is 5.73. The summed E-state index contributed by atoms with van der Waals surface area (Å²) in [5.41, 5.74) is 0.999. The average molecular weight is 201 g/mol. The second-order valence-corrected chi connectivity index (χ2v) is 4.23. The van der Waals surface area contributed by atoms with Crippen molar-refractivity contribution in [3.8, 4) is 0 Å². The van der Waals surface area contributed by atoms with Crippen LogP contribution in [0.4, 0.5) is 0 Å². The molecule has 3 rings (SSSR count). The summed E-state index contributed by atoms with van der Waals surface area (Å²) in [7, 11) is 0. The summed E-state index contributed by atoms with van der Waals surface area (Å²) in [6.07, 6.45) is 3.69. The molecule has 1 aliphatic carbocycles. The summed E-state index contributed by atoms with van der Waals surface area (Å²) in [5, 5.41) is 4.70. The van der Waals surface area contributed by atoms with Crippen molar-refractivity contribution in [2.75, 3.05) is 6.54 Å². The highest BCUT2D eigenvalue weighted by atomic mass is 16.3. The van der Waals surface area contributed by atoms with E-state index in [9.17, 15) is 0 Å². The van der Waals surface area contributed by atoms with Crippen LogP contribution in [0.25, 0.3) is 11.0 Å². The monoisotopic (exact) mass is 201 g/mol. The second kappa shape index (κ2) is 3.70. The third-order valence-corrected chi connectivity index (χ3v) is 2.86. The molecule has 15 heavy (non-hydrogen) atoms. The van der Waals surface area contributed by atoms with Crippen molar-refractivity contribution in [3.63, 3.8) is 0 Å². The number of fused-ring (bicyclic) bond motifs is 1. The van der Waals surface area contributed by atoms with Gasteiger partial charge in [0.25, 0.3) is 0 Å². The molecule has 1 aromatic carbocycles. The Hall–Kier alpha value is -1.28. The van der Waals surface area contributed by atoms with Crippen LogP contribution in [0.2, 0.25) is 0 Å². The van der Waals surface area contributed by atoms with Crippen molar-refractivity contribution in [1.82, 2.24) is 5.32 Å². The SMILES string of the molecule is c1ccc2oc(CCNC3CC3)cc2c1. The van der Waals surface area contributed by atoms with Crippen LogP contribution in [0.15, 0.2) is 34.7 Å². The first-order chi connectivity index (χ1) is 7.42. The maximum Gasteiger partial charge on any atom is 0.134 e. The lowest BCUT2D eigenvalue weighted by Crippen LogP contribution is -2.18. The Morgan fingerprint density at radius 2 is 2.13 bits per heavy atom. The Labute approximate surface area is 89.3 Å². The van der Waals surface area contributed by atoms with Crippen LogP contribution in [0, 0.1) is 0 Å². The molecule has 0 atom stereocenters. The smallest absolute Gasteiger partial charge is 0.134 e. The lowest BCUT2D eigenvalue weighted by atomic mass is 10.2. The van der Waals surface area contributed by atoms with Crippen LogP contribution in [-0.2, 0) is 6.42 Å². The van der Waals surface area contributed by atoms with Gasteiger partial charge in [-0.1, -0.05) is 18.2 Å². The van der Waals surface area contributed by atoms with E-state index in [-0.39, 0.29) is 0 Å². The minimum absolute atomic E-state index is 0.786. The molecule has 2 nitrogen and oxygen atoms in total. The average Bonchev–Trinajstić information content (AvgIpc) is 2.97. The van der Waals surface area contributed by atoms with Gasteiger partial charge in [0.05, 0.1) is 0 Å². The maximum atomic E-state index is 5.73. The number of para-hydroxylation sites is 1. The maximum absolute atomic E-state index is 5.73. The number of hydrogen-bond donors (Lipinski definition) is 1. The Balaban J connectivity index is 1.68. The fraction of sp³-hybridized carbons (Fsp3) is 0.385. The number of benzene rings is 1. The molecule has 1 fully saturated rings. The zero-order chi connectivity index (χ0) is 10.1. The van der Waals surface area contributed by atoms with Gasteiger partial charge in [0.15, 0.2) is 0 Å². The van der Waals surface area contributed by atoms with Gasteiger partial charge in [-0.2, -0.15) is 0 Å². The molecule has 1 aliphatic rings. The predicted molar refractivity (Wildman–Crippen MR) is 60.9 cm³/mol. The van der Waals surface area contributed by atoms with Crippen molar-refractivity contribution >= 4 is 11.0 Å². The van der Waals surface area contributed by atoms with E-state index in [2.05, 4.69) is 17.4 Å². The molecule has 0 saturated heterocycles. The first-order valence-corrected chi connectivity index (χ1v) is 5.63. The molecule has 0 spiro atoms. The van der Waals surface area contributed by atoms with Gasteiger partial charge in [-0.25, -0.2) is 0 Å². The van der Waals surface area contributed by atoms with Gasteiger partial charge in [0.2, 0.25) is 0 Å². The first kappa shape index (κ1) is 8.98. The van der Waals surface area contributed by atoms with Crippen LogP contribution in [-0.4, -0.2) is 12.6 Å². The van der Waals surface area contributed by atoms with E-state index < -0.39 is 0 Å². The van der Waals surface area contributed by atoms with Gasteiger partial charge < -0.3 is 9.73 Å². The quantitative estimate of drug-likeness (QED) is 0.822. The molecule has 0 radical (unpaired) electrons. The Morgan fingerprint density at radius 3 is 2.93 bits per heavy atom. The molecule has 0 unspecified atom stereocenters. The number of hydrogen-bond acceptors (Lipinski definition) is 2. The van der Waals surface area contributed by atoms with Crippen LogP contribution in [0.3, 0.4) is 0 Å². The summed E-state index contributed by atoms with van der Waals surface area (Å²) >= 11 is 0. The molecule has 78 valence electrons. The molecule has 1 heterocycles. The molecule has 2 aromatic rings.